The van der Waals surface area contributed by atoms with Gasteiger partial charge in [-0.3, -0.25) is 9.59 Å². The Bertz CT molecular complexity index is 1280. The molecule has 36 heavy (non-hydrogen) atoms. The number of amides is 1. The second-order valence-electron chi connectivity index (χ2n) is 8.10. The average Bonchev–Trinajstić information content (AvgIpc) is 3.33. The highest BCUT2D eigenvalue weighted by atomic mass is 35.5. The van der Waals surface area contributed by atoms with Crippen molar-refractivity contribution in [1.29, 1.82) is 0 Å². The van der Waals surface area contributed by atoms with E-state index in [9.17, 15) is 22.8 Å². The summed E-state index contributed by atoms with van der Waals surface area (Å²) in [6.45, 7) is 1.64. The van der Waals surface area contributed by atoms with Crippen molar-refractivity contribution < 1.29 is 22.8 Å². The van der Waals surface area contributed by atoms with Gasteiger partial charge in [-0.25, -0.2) is 15.0 Å². The minimum atomic E-state index is -4.65. The third kappa shape index (κ3) is 6.13. The van der Waals surface area contributed by atoms with Gasteiger partial charge in [0, 0.05) is 31.6 Å². The van der Waals surface area contributed by atoms with Crippen molar-refractivity contribution in [2.24, 2.45) is 0 Å². The van der Waals surface area contributed by atoms with Gasteiger partial charge in [0.2, 0.25) is 0 Å². The average molecular weight is 558 g/mol. The van der Waals surface area contributed by atoms with Gasteiger partial charge in [-0.05, 0) is 37.5 Å². The van der Waals surface area contributed by atoms with E-state index in [1.807, 2.05) is 4.90 Å². The number of anilines is 2. The van der Waals surface area contributed by atoms with Crippen molar-refractivity contribution in [1.82, 2.24) is 15.0 Å². The van der Waals surface area contributed by atoms with Gasteiger partial charge < -0.3 is 10.2 Å². The maximum absolute atomic E-state index is 13.1. The highest BCUT2D eigenvalue weighted by molar-refractivity contribution is 7.13. The van der Waals surface area contributed by atoms with Crippen molar-refractivity contribution in [3.8, 4) is 0 Å². The first kappa shape index (κ1) is 26.3. The molecular weight excluding hydrogens is 538 g/mol. The second kappa shape index (κ2) is 11.1. The predicted octanol–water partition coefficient (Wildman–Crippen LogP) is 6.32. The SMILES string of the molecule is O=C(Nc1ccc(Cl)c(C(F)(F)F)c1)c1cnc(CCC(=O)c2ncnc(N3CCCCC3)c2Cl)s1. The lowest BCUT2D eigenvalue weighted by Crippen LogP contribution is -2.30. The van der Waals surface area contributed by atoms with E-state index in [1.165, 1.54) is 18.6 Å². The van der Waals surface area contributed by atoms with Gasteiger partial charge in [-0.2, -0.15) is 13.2 Å². The lowest BCUT2D eigenvalue weighted by Gasteiger charge is -2.28. The number of ketones is 1. The first-order valence-corrected chi connectivity index (χ1v) is 12.6. The molecule has 13 heteroatoms. The lowest BCUT2D eigenvalue weighted by molar-refractivity contribution is -0.137. The minimum absolute atomic E-state index is 0.0511. The number of halogens is 5. The zero-order valence-electron chi connectivity index (χ0n) is 18.7. The number of benzene rings is 1. The molecule has 0 unspecified atom stereocenters. The lowest BCUT2D eigenvalue weighted by atomic mass is 10.1. The molecule has 4 rings (SSSR count). The van der Waals surface area contributed by atoms with E-state index < -0.39 is 22.7 Å². The Hall–Kier alpha value is -2.76. The molecule has 1 aromatic carbocycles. The Labute approximate surface area is 218 Å². The van der Waals surface area contributed by atoms with E-state index in [4.69, 9.17) is 23.2 Å². The van der Waals surface area contributed by atoms with E-state index >= 15 is 0 Å². The number of hydrogen-bond donors (Lipinski definition) is 1. The third-order valence-corrected chi connectivity index (χ3v) is 7.30. The Morgan fingerprint density at radius 1 is 1.08 bits per heavy atom. The molecule has 1 saturated heterocycles. The van der Waals surface area contributed by atoms with Crippen molar-refractivity contribution >= 4 is 57.7 Å². The van der Waals surface area contributed by atoms with Gasteiger partial charge in [-0.15, -0.1) is 11.3 Å². The molecule has 1 N–H and O–H groups in total. The quantitative estimate of drug-likeness (QED) is 0.342. The first-order valence-electron chi connectivity index (χ1n) is 11.0. The molecule has 0 atom stereocenters. The maximum atomic E-state index is 13.1. The summed E-state index contributed by atoms with van der Waals surface area (Å²) in [6.07, 6.45) is 1.51. The zero-order valence-corrected chi connectivity index (χ0v) is 21.1. The summed E-state index contributed by atoms with van der Waals surface area (Å²) in [4.78, 5) is 40.0. The molecule has 0 spiro atoms. The summed E-state index contributed by atoms with van der Waals surface area (Å²) in [7, 11) is 0. The maximum Gasteiger partial charge on any atom is 0.417 e. The van der Waals surface area contributed by atoms with Crippen molar-refractivity contribution in [2.75, 3.05) is 23.3 Å². The monoisotopic (exact) mass is 557 g/mol. The fraction of sp³-hybridized carbons (Fsp3) is 0.348. The molecule has 0 saturated carbocycles. The molecule has 3 heterocycles. The number of nitrogens with one attached hydrogen (secondary N) is 1. The predicted molar refractivity (Wildman–Crippen MR) is 132 cm³/mol. The molecule has 1 amide bonds. The normalized spacial score (nSPS) is 14.1. The number of aromatic nitrogens is 3. The highest BCUT2D eigenvalue weighted by Crippen LogP contribution is 2.36. The number of hydrogen-bond acceptors (Lipinski definition) is 7. The van der Waals surface area contributed by atoms with Crippen LogP contribution in [0.2, 0.25) is 10.0 Å². The number of carbonyl (C=O) groups is 2. The van der Waals surface area contributed by atoms with Gasteiger partial charge in [0.05, 0.1) is 21.8 Å². The molecule has 3 aromatic rings. The zero-order chi connectivity index (χ0) is 25.9. The number of Topliss-reactive ketones (excluding diaryl/α,β-unsaturated/α-hetero) is 1. The number of alkyl halides is 3. The van der Waals surface area contributed by atoms with E-state index in [0.29, 0.717) is 10.8 Å². The Balaban J connectivity index is 1.38. The molecule has 190 valence electrons. The van der Waals surface area contributed by atoms with Gasteiger partial charge in [0.1, 0.15) is 21.9 Å². The summed E-state index contributed by atoms with van der Waals surface area (Å²) in [5.74, 6) is -0.341. The summed E-state index contributed by atoms with van der Waals surface area (Å²) in [5.41, 5.74) is -0.952. The van der Waals surface area contributed by atoms with Crippen LogP contribution in [0.3, 0.4) is 0 Å². The van der Waals surface area contributed by atoms with E-state index in [1.54, 1.807) is 0 Å². The number of piperidine rings is 1. The molecule has 2 aromatic heterocycles. The molecule has 0 bridgehead atoms. The Kier molecular flexibility index (Phi) is 8.11. The van der Waals surface area contributed by atoms with Crippen molar-refractivity contribution in [2.45, 2.75) is 38.3 Å². The summed E-state index contributed by atoms with van der Waals surface area (Å²) in [5, 5.41) is 2.70. The number of thiazole rings is 1. The van der Waals surface area contributed by atoms with Crippen LogP contribution in [0.15, 0.2) is 30.7 Å². The molecule has 0 aliphatic carbocycles. The van der Waals surface area contributed by atoms with Gasteiger partial charge in [0.15, 0.2) is 11.6 Å². The fourth-order valence-electron chi connectivity index (χ4n) is 3.76. The van der Waals surface area contributed by atoms with Crippen LogP contribution >= 0.6 is 34.5 Å². The smallest absolute Gasteiger partial charge is 0.355 e. The largest absolute Gasteiger partial charge is 0.417 e. The van der Waals surface area contributed by atoms with Crippen LogP contribution < -0.4 is 10.2 Å². The fourth-order valence-corrected chi connectivity index (χ4v) is 5.12. The van der Waals surface area contributed by atoms with E-state index in [-0.39, 0.29) is 39.9 Å². The standard InChI is InChI=1S/C23H20Cl2F3N5O2S/c24-15-5-4-13(10-14(15)23(26,27)28)32-22(35)17-11-29-18(36-17)7-6-16(34)20-19(25)21(31-12-30-20)33-8-2-1-3-9-33/h4-5,10-12H,1-3,6-9H2,(H,32,35). The van der Waals surface area contributed by atoms with Crippen LogP contribution in [-0.4, -0.2) is 39.7 Å². The number of aryl methyl sites for hydroxylation is 1. The number of rotatable bonds is 7. The molecule has 7 nitrogen and oxygen atoms in total. The van der Waals surface area contributed by atoms with E-state index in [2.05, 4.69) is 20.3 Å². The Morgan fingerprint density at radius 3 is 2.56 bits per heavy atom. The Morgan fingerprint density at radius 2 is 1.83 bits per heavy atom. The summed E-state index contributed by atoms with van der Waals surface area (Å²) >= 11 is 13.1. The molecule has 0 radical (unpaired) electrons. The molecular formula is C23H20Cl2F3N5O2S. The van der Waals surface area contributed by atoms with Crippen molar-refractivity contribution in [3.05, 3.63) is 61.9 Å². The van der Waals surface area contributed by atoms with Crippen LogP contribution in [0.5, 0.6) is 0 Å². The van der Waals surface area contributed by atoms with E-state index in [0.717, 1.165) is 55.8 Å². The van der Waals surface area contributed by atoms with Crippen LogP contribution in [-0.2, 0) is 12.6 Å². The molecule has 1 aliphatic rings. The van der Waals surface area contributed by atoms with Crippen molar-refractivity contribution in [3.63, 3.8) is 0 Å². The highest BCUT2D eigenvalue weighted by Gasteiger charge is 2.33. The van der Waals surface area contributed by atoms with Crippen LogP contribution in [0.25, 0.3) is 0 Å². The van der Waals surface area contributed by atoms with Gasteiger partial charge in [0.25, 0.3) is 5.91 Å². The second-order valence-corrected chi connectivity index (χ2v) is 10.00. The minimum Gasteiger partial charge on any atom is -0.355 e. The number of nitrogens with zero attached hydrogens (tertiary/aromatic N) is 4. The summed E-state index contributed by atoms with van der Waals surface area (Å²) in [6, 6.07) is 3.11. The third-order valence-electron chi connectivity index (χ3n) is 5.56. The molecule has 1 fully saturated rings. The molecule has 1 aliphatic heterocycles. The van der Waals surface area contributed by atoms with Gasteiger partial charge >= 0.3 is 6.18 Å². The van der Waals surface area contributed by atoms with Gasteiger partial charge in [-0.1, -0.05) is 23.2 Å². The van der Waals surface area contributed by atoms with Crippen LogP contribution in [0.1, 0.15) is 56.4 Å². The first-order chi connectivity index (χ1) is 17.1. The number of carbonyl (C=O) groups excluding carboxylic acids is 2. The summed E-state index contributed by atoms with van der Waals surface area (Å²) < 4.78 is 39.2. The van der Waals surface area contributed by atoms with Crippen LogP contribution in [0.4, 0.5) is 24.7 Å². The topological polar surface area (TPSA) is 88.1 Å². The van der Waals surface area contributed by atoms with Crippen LogP contribution in [0, 0.1) is 0 Å².